The number of amides is 1. The number of pyridine rings is 1. The summed E-state index contributed by atoms with van der Waals surface area (Å²) in [5.41, 5.74) is 2.19. The number of anilines is 1. The summed E-state index contributed by atoms with van der Waals surface area (Å²) in [6, 6.07) is 18.6. The van der Waals surface area contributed by atoms with Crippen LogP contribution in [0.3, 0.4) is 0 Å². The van der Waals surface area contributed by atoms with Crippen molar-refractivity contribution in [3.8, 4) is 0 Å². The quantitative estimate of drug-likeness (QED) is 0.718. The lowest BCUT2D eigenvalue weighted by molar-refractivity contribution is -0.137. The maximum absolute atomic E-state index is 12.5. The van der Waals surface area contributed by atoms with Crippen molar-refractivity contribution in [1.29, 1.82) is 0 Å². The molecule has 5 nitrogen and oxygen atoms in total. The van der Waals surface area contributed by atoms with Crippen molar-refractivity contribution >= 4 is 28.5 Å². The van der Waals surface area contributed by atoms with Gasteiger partial charge in [0.05, 0.1) is 17.6 Å². The molecule has 0 unspecified atom stereocenters. The summed E-state index contributed by atoms with van der Waals surface area (Å²) in [6.45, 7) is 0. The van der Waals surface area contributed by atoms with Crippen molar-refractivity contribution < 1.29 is 14.7 Å². The summed E-state index contributed by atoms with van der Waals surface area (Å²) in [7, 11) is 0. The Bertz CT molecular complexity index is 888. The van der Waals surface area contributed by atoms with Gasteiger partial charge >= 0.3 is 5.97 Å². The molecular weight excluding hydrogens is 316 g/mol. The number of hydrogen-bond donors (Lipinski definition) is 2. The highest BCUT2D eigenvalue weighted by atomic mass is 16.4. The maximum Gasteiger partial charge on any atom is 0.303 e. The van der Waals surface area contributed by atoms with E-state index in [1.165, 1.54) is 0 Å². The van der Waals surface area contributed by atoms with Crippen molar-refractivity contribution in [2.24, 2.45) is 0 Å². The van der Waals surface area contributed by atoms with Crippen molar-refractivity contribution in [2.75, 3.05) is 5.32 Å². The van der Waals surface area contributed by atoms with Crippen LogP contribution in [0.15, 0.2) is 66.9 Å². The van der Waals surface area contributed by atoms with Gasteiger partial charge in [-0.3, -0.25) is 14.6 Å². The van der Waals surface area contributed by atoms with Crippen molar-refractivity contribution in [1.82, 2.24) is 4.98 Å². The fraction of sp³-hybridized carbons (Fsp3) is 0.150. The SMILES string of the molecule is O=C(O)C[C@@H](CC(=O)Nc1cccc2cccnc12)c1ccccc1. The van der Waals surface area contributed by atoms with Crippen LogP contribution in [0.25, 0.3) is 10.9 Å². The van der Waals surface area contributed by atoms with Gasteiger partial charge in [-0.2, -0.15) is 0 Å². The number of nitrogens with one attached hydrogen (secondary N) is 1. The number of nitrogens with zero attached hydrogens (tertiary/aromatic N) is 1. The number of para-hydroxylation sites is 1. The molecule has 0 aliphatic rings. The first kappa shape index (κ1) is 16.6. The number of fused-ring (bicyclic) bond motifs is 1. The summed E-state index contributed by atoms with van der Waals surface area (Å²) < 4.78 is 0. The van der Waals surface area contributed by atoms with Crippen molar-refractivity contribution in [3.05, 3.63) is 72.4 Å². The van der Waals surface area contributed by atoms with Crippen LogP contribution in [0, 0.1) is 0 Å². The Hall–Kier alpha value is -3.21. The summed E-state index contributed by atoms with van der Waals surface area (Å²) in [5.74, 6) is -1.52. The second kappa shape index (κ2) is 7.57. The number of carbonyl (C=O) groups is 2. The van der Waals surface area contributed by atoms with Gasteiger partial charge in [0.25, 0.3) is 0 Å². The molecule has 3 aromatic rings. The number of aliphatic carboxylic acids is 1. The molecule has 0 spiro atoms. The van der Waals surface area contributed by atoms with E-state index >= 15 is 0 Å². The molecule has 0 saturated heterocycles. The zero-order valence-electron chi connectivity index (χ0n) is 13.6. The number of aromatic nitrogens is 1. The van der Waals surface area contributed by atoms with Crippen molar-refractivity contribution in [2.45, 2.75) is 18.8 Å². The average molecular weight is 334 g/mol. The van der Waals surface area contributed by atoms with E-state index in [4.69, 9.17) is 5.11 Å². The lowest BCUT2D eigenvalue weighted by Gasteiger charge is -2.15. The van der Waals surface area contributed by atoms with Gasteiger partial charge in [0, 0.05) is 23.9 Å². The first-order chi connectivity index (χ1) is 12.1. The number of rotatable bonds is 6. The van der Waals surface area contributed by atoms with Gasteiger partial charge in [-0.25, -0.2) is 0 Å². The van der Waals surface area contributed by atoms with E-state index in [0.717, 1.165) is 10.9 Å². The topological polar surface area (TPSA) is 79.3 Å². The minimum absolute atomic E-state index is 0.0920. The lowest BCUT2D eigenvalue weighted by atomic mass is 9.92. The summed E-state index contributed by atoms with van der Waals surface area (Å²) in [4.78, 5) is 28.0. The van der Waals surface area contributed by atoms with E-state index in [-0.39, 0.29) is 24.7 Å². The molecule has 25 heavy (non-hydrogen) atoms. The zero-order chi connectivity index (χ0) is 17.6. The molecule has 0 fully saturated rings. The first-order valence-electron chi connectivity index (χ1n) is 8.04. The van der Waals surface area contributed by atoms with Crippen LogP contribution in [0.5, 0.6) is 0 Å². The Morgan fingerprint density at radius 1 is 0.960 bits per heavy atom. The monoisotopic (exact) mass is 334 g/mol. The smallest absolute Gasteiger partial charge is 0.303 e. The molecule has 0 aliphatic heterocycles. The van der Waals surface area contributed by atoms with Crippen LogP contribution >= 0.6 is 0 Å². The molecule has 2 N–H and O–H groups in total. The van der Waals surface area contributed by atoms with Crippen LogP contribution in [0.1, 0.15) is 24.3 Å². The Labute approximate surface area is 145 Å². The van der Waals surface area contributed by atoms with E-state index in [1.807, 2.05) is 54.6 Å². The third kappa shape index (κ3) is 4.20. The maximum atomic E-state index is 12.5. The van der Waals surface area contributed by atoms with Crippen LogP contribution in [-0.2, 0) is 9.59 Å². The lowest BCUT2D eigenvalue weighted by Crippen LogP contribution is -2.18. The molecule has 5 heteroatoms. The fourth-order valence-electron chi connectivity index (χ4n) is 2.87. The highest BCUT2D eigenvalue weighted by Crippen LogP contribution is 2.25. The van der Waals surface area contributed by atoms with Gasteiger partial charge in [-0.05, 0) is 17.7 Å². The summed E-state index contributed by atoms with van der Waals surface area (Å²) in [5, 5.41) is 12.9. The molecule has 1 amide bonds. The molecule has 3 rings (SSSR count). The average Bonchev–Trinajstić information content (AvgIpc) is 2.62. The van der Waals surface area contributed by atoms with Crippen LogP contribution < -0.4 is 5.32 Å². The summed E-state index contributed by atoms with van der Waals surface area (Å²) in [6.07, 6.45) is 1.68. The minimum Gasteiger partial charge on any atom is -0.481 e. The van der Waals surface area contributed by atoms with E-state index in [2.05, 4.69) is 10.3 Å². The largest absolute Gasteiger partial charge is 0.481 e. The predicted molar refractivity (Wildman–Crippen MR) is 96.4 cm³/mol. The van der Waals surface area contributed by atoms with Crippen molar-refractivity contribution in [3.63, 3.8) is 0 Å². The van der Waals surface area contributed by atoms with Gasteiger partial charge < -0.3 is 10.4 Å². The molecule has 1 atom stereocenters. The number of carbonyl (C=O) groups excluding carboxylic acids is 1. The molecular formula is C20H18N2O3. The van der Waals surface area contributed by atoms with Gasteiger partial charge in [0.1, 0.15) is 0 Å². The molecule has 0 bridgehead atoms. The van der Waals surface area contributed by atoms with Gasteiger partial charge in [-0.15, -0.1) is 0 Å². The van der Waals surface area contributed by atoms with E-state index in [1.54, 1.807) is 12.3 Å². The third-order valence-corrected chi connectivity index (χ3v) is 4.03. The number of hydrogen-bond acceptors (Lipinski definition) is 3. The predicted octanol–water partition coefficient (Wildman–Crippen LogP) is 3.82. The standard InChI is InChI=1S/C20H18N2O3/c23-18(12-16(13-19(24)25)14-6-2-1-3-7-14)22-17-10-4-8-15-9-5-11-21-20(15)17/h1-11,16H,12-13H2,(H,22,23)(H,24,25)/t16-/m1/s1. The van der Waals surface area contributed by atoms with Crippen LogP contribution in [-0.4, -0.2) is 22.0 Å². The Balaban J connectivity index is 1.78. The molecule has 2 aromatic carbocycles. The third-order valence-electron chi connectivity index (χ3n) is 4.03. The number of carboxylic acid groups (broad SMARTS) is 1. The highest BCUT2D eigenvalue weighted by Gasteiger charge is 2.19. The molecule has 0 radical (unpaired) electrons. The van der Waals surface area contributed by atoms with Crippen LogP contribution in [0.4, 0.5) is 5.69 Å². The molecule has 0 saturated carbocycles. The molecule has 126 valence electrons. The normalized spacial score (nSPS) is 11.8. The number of carboxylic acids is 1. The van der Waals surface area contributed by atoms with Gasteiger partial charge in [0.2, 0.25) is 5.91 Å². The minimum atomic E-state index is -0.923. The van der Waals surface area contributed by atoms with Gasteiger partial charge in [0.15, 0.2) is 0 Å². The molecule has 0 aliphatic carbocycles. The van der Waals surface area contributed by atoms with E-state index in [0.29, 0.717) is 11.2 Å². The van der Waals surface area contributed by atoms with Gasteiger partial charge in [-0.1, -0.05) is 48.5 Å². The fourth-order valence-corrected chi connectivity index (χ4v) is 2.87. The van der Waals surface area contributed by atoms with Crippen LogP contribution in [0.2, 0.25) is 0 Å². The Morgan fingerprint density at radius 3 is 2.48 bits per heavy atom. The Morgan fingerprint density at radius 2 is 1.72 bits per heavy atom. The molecule has 1 aromatic heterocycles. The second-order valence-corrected chi connectivity index (χ2v) is 5.84. The number of benzene rings is 2. The van der Waals surface area contributed by atoms with E-state index < -0.39 is 5.97 Å². The summed E-state index contributed by atoms with van der Waals surface area (Å²) >= 11 is 0. The first-order valence-corrected chi connectivity index (χ1v) is 8.04. The van der Waals surface area contributed by atoms with E-state index in [9.17, 15) is 9.59 Å². The Kier molecular flexibility index (Phi) is 5.04. The second-order valence-electron chi connectivity index (χ2n) is 5.84. The zero-order valence-corrected chi connectivity index (χ0v) is 13.6. The molecule has 1 heterocycles. The highest BCUT2D eigenvalue weighted by molar-refractivity contribution is 6.00.